The van der Waals surface area contributed by atoms with Gasteiger partial charge in [-0.05, 0) is 0 Å². The molecule has 0 aliphatic heterocycles. The van der Waals surface area contributed by atoms with Crippen LogP contribution in [0, 0.1) is 10.7 Å². The van der Waals surface area contributed by atoms with Crippen LogP contribution in [0.1, 0.15) is 0 Å². The summed E-state index contributed by atoms with van der Waals surface area (Å²) in [6, 6.07) is 44.0. The molecule has 0 unspecified atom stereocenters. The maximum atomic E-state index is 7.18. The van der Waals surface area contributed by atoms with E-state index in [1.165, 1.54) is 26.6 Å². The predicted molar refractivity (Wildman–Crippen MR) is 127 cm³/mol. The topological polar surface area (TPSA) is 23.8 Å². The third-order valence-corrected chi connectivity index (χ3v) is 9.62. The zero-order valence-electron chi connectivity index (χ0n) is 15.4. The molecule has 0 saturated heterocycles. The SMILES string of the molecule is N#CS.c1ccc([PH](c2ccccc2)(c2ccccc2)c2ccccc2)cc1. The van der Waals surface area contributed by atoms with Crippen molar-refractivity contribution in [2.24, 2.45) is 0 Å². The maximum absolute atomic E-state index is 7.18. The third kappa shape index (κ3) is 4.02. The molecule has 0 bridgehead atoms. The fourth-order valence-electron chi connectivity index (χ4n) is 3.75. The first-order chi connectivity index (χ1) is 13.8. The molecule has 0 spiro atoms. The van der Waals surface area contributed by atoms with Crippen LogP contribution >= 0.6 is 19.9 Å². The molecule has 0 aliphatic carbocycles. The second-order valence-corrected chi connectivity index (χ2v) is 10.3. The van der Waals surface area contributed by atoms with E-state index in [1.54, 1.807) is 0 Å². The summed E-state index contributed by atoms with van der Waals surface area (Å²) in [5, 5.41) is 14.3. The fraction of sp³-hybridized carbons (Fsp3) is 0. The molecule has 0 amide bonds. The van der Waals surface area contributed by atoms with Gasteiger partial charge in [0.1, 0.15) is 5.40 Å². The van der Waals surface area contributed by atoms with E-state index in [4.69, 9.17) is 5.26 Å². The molecule has 0 aliphatic rings. The van der Waals surface area contributed by atoms with Gasteiger partial charge in [-0.1, -0.05) is 12.6 Å². The van der Waals surface area contributed by atoms with Crippen LogP contribution in [0.25, 0.3) is 0 Å². The number of nitrogens with zero attached hydrogens (tertiary/aromatic N) is 1. The number of rotatable bonds is 4. The van der Waals surface area contributed by atoms with E-state index in [1.807, 2.05) is 0 Å². The van der Waals surface area contributed by atoms with Crippen LogP contribution in [0.4, 0.5) is 0 Å². The molecule has 4 rings (SSSR count). The summed E-state index contributed by atoms with van der Waals surface area (Å²) >= 11 is 3.09. The van der Waals surface area contributed by atoms with Gasteiger partial charge in [0.25, 0.3) is 0 Å². The van der Waals surface area contributed by atoms with E-state index < -0.39 is 7.26 Å². The summed E-state index contributed by atoms with van der Waals surface area (Å²) in [7, 11) is -2.30. The Kier molecular flexibility index (Phi) is 7.04. The molecule has 0 aromatic heterocycles. The standard InChI is InChI=1S/C24H21P.CHNS/c1-5-13-21(14-6-1)25(22-15-7-2-8-16-22,23-17-9-3-10-18-23)24-19-11-4-12-20-24;2-1-3/h1-20,25H;3H. The predicted octanol–water partition coefficient (Wildman–Crippen LogP) is 4.44. The van der Waals surface area contributed by atoms with Crippen molar-refractivity contribution in [3.05, 3.63) is 121 Å². The van der Waals surface area contributed by atoms with Crippen molar-refractivity contribution in [1.82, 2.24) is 0 Å². The van der Waals surface area contributed by atoms with Crippen molar-refractivity contribution in [2.75, 3.05) is 0 Å². The Bertz CT molecular complexity index is 850. The van der Waals surface area contributed by atoms with Crippen LogP contribution < -0.4 is 21.2 Å². The quantitative estimate of drug-likeness (QED) is 0.306. The normalized spacial score (nSPS) is 10.9. The average molecular weight is 399 g/mol. The van der Waals surface area contributed by atoms with Gasteiger partial charge in [-0.2, -0.15) is 5.26 Å². The van der Waals surface area contributed by atoms with Crippen molar-refractivity contribution in [1.29, 1.82) is 5.26 Å². The van der Waals surface area contributed by atoms with E-state index >= 15 is 0 Å². The van der Waals surface area contributed by atoms with Crippen molar-refractivity contribution in [2.45, 2.75) is 0 Å². The number of nitriles is 1. The molecular formula is C25H22NPS. The van der Waals surface area contributed by atoms with Gasteiger partial charge in [0.05, 0.1) is 0 Å². The summed E-state index contributed by atoms with van der Waals surface area (Å²) in [5.74, 6) is 0. The summed E-state index contributed by atoms with van der Waals surface area (Å²) in [6.45, 7) is 0. The number of benzene rings is 4. The molecule has 0 heterocycles. The van der Waals surface area contributed by atoms with E-state index in [0.717, 1.165) is 0 Å². The van der Waals surface area contributed by atoms with Crippen molar-refractivity contribution in [3.8, 4) is 5.40 Å². The zero-order chi connectivity index (χ0) is 19.7. The van der Waals surface area contributed by atoms with Gasteiger partial charge in [-0.15, -0.1) is 0 Å². The van der Waals surface area contributed by atoms with Crippen LogP contribution in [0.3, 0.4) is 0 Å². The molecule has 0 saturated carbocycles. The molecule has 4 aromatic rings. The van der Waals surface area contributed by atoms with Gasteiger partial charge in [0.15, 0.2) is 0 Å². The molecule has 3 heteroatoms. The van der Waals surface area contributed by atoms with Crippen LogP contribution in [-0.2, 0) is 0 Å². The Morgan fingerprint density at radius 1 is 0.464 bits per heavy atom. The molecule has 0 atom stereocenters. The van der Waals surface area contributed by atoms with Gasteiger partial charge in [-0.3, -0.25) is 0 Å². The Morgan fingerprint density at radius 3 is 0.821 bits per heavy atom. The summed E-state index contributed by atoms with van der Waals surface area (Å²) in [4.78, 5) is 0. The molecule has 0 radical (unpaired) electrons. The molecule has 4 aromatic carbocycles. The second-order valence-electron chi connectivity index (χ2n) is 6.31. The van der Waals surface area contributed by atoms with Crippen LogP contribution in [0.2, 0.25) is 0 Å². The van der Waals surface area contributed by atoms with Crippen molar-refractivity contribution >= 4 is 41.1 Å². The number of thiol groups is 1. The fourth-order valence-corrected chi connectivity index (χ4v) is 8.52. The first-order valence-electron chi connectivity index (χ1n) is 9.09. The van der Waals surface area contributed by atoms with E-state index in [-0.39, 0.29) is 0 Å². The van der Waals surface area contributed by atoms with Gasteiger partial charge in [-0.25, -0.2) is 0 Å². The van der Waals surface area contributed by atoms with E-state index in [9.17, 15) is 0 Å². The Morgan fingerprint density at radius 2 is 0.643 bits per heavy atom. The van der Waals surface area contributed by atoms with Crippen LogP contribution in [0.15, 0.2) is 121 Å². The van der Waals surface area contributed by atoms with Crippen molar-refractivity contribution < 1.29 is 0 Å². The Balaban J connectivity index is 0.000000706. The molecule has 28 heavy (non-hydrogen) atoms. The molecule has 0 N–H and O–H groups in total. The number of hydrogen-bond donors (Lipinski definition) is 1. The zero-order valence-corrected chi connectivity index (χ0v) is 17.3. The van der Waals surface area contributed by atoms with Crippen LogP contribution in [-0.4, -0.2) is 0 Å². The molecule has 138 valence electrons. The first kappa shape index (κ1) is 19.9. The molecule has 1 nitrogen and oxygen atoms in total. The summed E-state index contributed by atoms with van der Waals surface area (Å²) in [6.07, 6.45) is 0. The van der Waals surface area contributed by atoms with E-state index in [0.29, 0.717) is 0 Å². The van der Waals surface area contributed by atoms with Gasteiger partial charge >= 0.3 is 150 Å². The Labute approximate surface area is 173 Å². The van der Waals surface area contributed by atoms with E-state index in [2.05, 4.69) is 134 Å². The van der Waals surface area contributed by atoms with Gasteiger partial charge in [0, 0.05) is 0 Å². The number of hydrogen-bond acceptors (Lipinski definition) is 2. The first-order valence-corrected chi connectivity index (χ1v) is 11.5. The summed E-state index contributed by atoms with van der Waals surface area (Å²) < 4.78 is 0. The second kappa shape index (κ2) is 9.90. The third-order valence-electron chi connectivity index (χ3n) is 4.83. The molecular weight excluding hydrogens is 377 g/mol. The van der Waals surface area contributed by atoms with Gasteiger partial charge < -0.3 is 0 Å². The summed E-state index contributed by atoms with van der Waals surface area (Å²) in [5.41, 5.74) is 0. The van der Waals surface area contributed by atoms with Crippen LogP contribution in [0.5, 0.6) is 0 Å². The number of thiocyanates is 1. The minimum atomic E-state index is -2.30. The van der Waals surface area contributed by atoms with Crippen molar-refractivity contribution in [3.63, 3.8) is 0 Å². The monoisotopic (exact) mass is 399 g/mol. The van der Waals surface area contributed by atoms with Gasteiger partial charge in [0.2, 0.25) is 0 Å². The minimum absolute atomic E-state index is 1.42. The molecule has 0 fully saturated rings. The Hall–Kier alpha value is -2.85. The average Bonchev–Trinajstić information content (AvgIpc) is 2.78.